The minimum atomic E-state index is -0.972. The van der Waals surface area contributed by atoms with Crippen molar-refractivity contribution in [3.63, 3.8) is 0 Å². The van der Waals surface area contributed by atoms with Crippen molar-refractivity contribution in [1.29, 1.82) is 0 Å². The Labute approximate surface area is 174 Å². The zero-order valence-electron chi connectivity index (χ0n) is 16.7. The highest BCUT2D eigenvalue weighted by Crippen LogP contribution is 2.41. The normalized spacial score (nSPS) is 18.5. The number of benzene rings is 2. The fourth-order valence-corrected chi connectivity index (χ4v) is 3.81. The lowest BCUT2D eigenvalue weighted by Crippen LogP contribution is -2.43. The van der Waals surface area contributed by atoms with Gasteiger partial charge in [0.2, 0.25) is 5.91 Å². The summed E-state index contributed by atoms with van der Waals surface area (Å²) in [5, 5.41) is 2.94. The van der Waals surface area contributed by atoms with Gasteiger partial charge >= 0.3 is 17.8 Å². The van der Waals surface area contributed by atoms with Gasteiger partial charge in [-0.1, -0.05) is 60.7 Å². The van der Waals surface area contributed by atoms with Crippen LogP contribution in [-0.4, -0.2) is 40.1 Å². The first-order valence-electron chi connectivity index (χ1n) is 10.1. The second kappa shape index (κ2) is 8.10. The number of hydrogen-bond donors (Lipinski definition) is 1. The third kappa shape index (κ3) is 3.83. The quantitative estimate of drug-likeness (QED) is 0.567. The highest BCUT2D eigenvalue weighted by molar-refractivity contribution is 6.45. The van der Waals surface area contributed by atoms with Gasteiger partial charge in [-0.2, -0.15) is 0 Å². The van der Waals surface area contributed by atoms with E-state index in [2.05, 4.69) is 5.32 Å². The van der Waals surface area contributed by atoms with Crippen molar-refractivity contribution in [3.8, 4) is 0 Å². The van der Waals surface area contributed by atoms with E-state index in [0.29, 0.717) is 5.92 Å². The van der Waals surface area contributed by atoms with E-state index in [-0.39, 0.29) is 6.04 Å². The molecule has 2 unspecified atom stereocenters. The Morgan fingerprint density at radius 2 is 1.50 bits per heavy atom. The van der Waals surface area contributed by atoms with E-state index in [1.807, 2.05) is 36.4 Å². The number of carbonyl (C=O) groups is 4. The summed E-state index contributed by atoms with van der Waals surface area (Å²) in [5.74, 6) is -2.00. The molecule has 154 valence electrons. The predicted octanol–water partition coefficient (Wildman–Crippen LogP) is 2.81. The van der Waals surface area contributed by atoms with Crippen LogP contribution in [-0.2, 0) is 14.4 Å². The third-order valence-corrected chi connectivity index (χ3v) is 5.62. The molecule has 2 aromatic rings. The molecule has 1 heterocycles. The molecule has 7 heteroatoms. The number of carbonyl (C=O) groups excluding carboxylic acids is 4. The van der Waals surface area contributed by atoms with Gasteiger partial charge in [0.15, 0.2) is 0 Å². The van der Waals surface area contributed by atoms with Gasteiger partial charge in [0.1, 0.15) is 6.54 Å². The molecule has 30 heavy (non-hydrogen) atoms. The molecule has 1 aliphatic carbocycles. The first-order chi connectivity index (χ1) is 14.5. The maximum absolute atomic E-state index is 12.8. The zero-order chi connectivity index (χ0) is 21.3. The summed E-state index contributed by atoms with van der Waals surface area (Å²) >= 11 is 0. The highest BCUT2D eigenvalue weighted by Gasteiger charge is 2.47. The molecule has 0 spiro atoms. The van der Waals surface area contributed by atoms with E-state index in [1.54, 1.807) is 31.2 Å². The monoisotopic (exact) mass is 405 g/mol. The van der Waals surface area contributed by atoms with Crippen molar-refractivity contribution in [2.45, 2.75) is 31.8 Å². The van der Waals surface area contributed by atoms with Gasteiger partial charge in [-0.25, -0.2) is 14.6 Å². The van der Waals surface area contributed by atoms with E-state index in [4.69, 9.17) is 0 Å². The number of nitrogens with one attached hydrogen (secondary N) is 1. The Kier molecular flexibility index (Phi) is 5.35. The molecule has 1 saturated carbocycles. The average Bonchev–Trinajstić information content (AvgIpc) is 3.58. The Morgan fingerprint density at radius 3 is 2.07 bits per heavy atom. The van der Waals surface area contributed by atoms with Crippen LogP contribution in [0.3, 0.4) is 0 Å². The second-order valence-corrected chi connectivity index (χ2v) is 7.73. The van der Waals surface area contributed by atoms with Gasteiger partial charge < -0.3 is 5.32 Å². The molecule has 4 rings (SSSR count). The number of hydrogen-bond acceptors (Lipinski definition) is 4. The van der Waals surface area contributed by atoms with Crippen LogP contribution >= 0.6 is 0 Å². The Bertz CT molecular complexity index is 972. The number of urea groups is 1. The lowest BCUT2D eigenvalue weighted by Gasteiger charge is -2.23. The summed E-state index contributed by atoms with van der Waals surface area (Å²) in [6, 6.07) is 17.1. The minimum Gasteiger partial charge on any atom is -0.347 e. The summed E-state index contributed by atoms with van der Waals surface area (Å²) in [7, 11) is 0. The van der Waals surface area contributed by atoms with Crippen molar-refractivity contribution < 1.29 is 19.2 Å². The topological polar surface area (TPSA) is 86.8 Å². The van der Waals surface area contributed by atoms with Gasteiger partial charge in [-0.15, -0.1) is 0 Å². The lowest BCUT2D eigenvalue weighted by atomic mass is 10.0. The number of imide groups is 2. The fourth-order valence-electron chi connectivity index (χ4n) is 3.81. The van der Waals surface area contributed by atoms with Crippen molar-refractivity contribution in [1.82, 2.24) is 15.1 Å². The van der Waals surface area contributed by atoms with E-state index in [0.717, 1.165) is 33.8 Å². The van der Waals surface area contributed by atoms with E-state index >= 15 is 0 Å². The van der Waals surface area contributed by atoms with Gasteiger partial charge in [0.05, 0.1) is 12.1 Å². The van der Waals surface area contributed by atoms with Crippen LogP contribution in [0.4, 0.5) is 4.79 Å². The maximum Gasteiger partial charge on any atom is 0.335 e. The SMILES string of the molecule is CC(c1ccccc1)N1C(=O)C(=O)N(CC(=O)NC(c2ccccc2)C2CC2)C1=O. The van der Waals surface area contributed by atoms with Crippen LogP contribution in [0, 0.1) is 5.92 Å². The van der Waals surface area contributed by atoms with E-state index < -0.39 is 36.3 Å². The molecule has 1 aliphatic heterocycles. The van der Waals surface area contributed by atoms with Crippen LogP contribution < -0.4 is 5.32 Å². The van der Waals surface area contributed by atoms with Crippen LogP contribution in [0.1, 0.15) is 43.0 Å². The summed E-state index contributed by atoms with van der Waals surface area (Å²) in [5.41, 5.74) is 1.72. The molecule has 5 amide bonds. The molecule has 0 bridgehead atoms. The summed E-state index contributed by atoms with van der Waals surface area (Å²) in [6.07, 6.45) is 2.03. The van der Waals surface area contributed by atoms with Crippen LogP contribution in [0.5, 0.6) is 0 Å². The molecule has 7 nitrogen and oxygen atoms in total. The van der Waals surface area contributed by atoms with Gasteiger partial charge in [-0.3, -0.25) is 14.4 Å². The highest BCUT2D eigenvalue weighted by atomic mass is 16.2. The van der Waals surface area contributed by atoms with Crippen LogP contribution in [0.15, 0.2) is 60.7 Å². The molecule has 2 aromatic carbocycles. The number of rotatable bonds is 7. The van der Waals surface area contributed by atoms with Crippen molar-refractivity contribution >= 4 is 23.8 Å². The Morgan fingerprint density at radius 1 is 0.933 bits per heavy atom. The van der Waals surface area contributed by atoms with Gasteiger partial charge in [0.25, 0.3) is 0 Å². The molecular formula is C23H23N3O4. The molecule has 1 saturated heterocycles. The Hall–Kier alpha value is -3.48. The van der Waals surface area contributed by atoms with Gasteiger partial charge in [-0.05, 0) is 36.8 Å². The van der Waals surface area contributed by atoms with E-state index in [1.165, 1.54) is 0 Å². The molecule has 0 aromatic heterocycles. The number of amides is 5. The molecule has 1 N–H and O–H groups in total. The van der Waals surface area contributed by atoms with Crippen molar-refractivity contribution in [2.75, 3.05) is 6.54 Å². The molecule has 2 fully saturated rings. The van der Waals surface area contributed by atoms with Crippen molar-refractivity contribution in [3.05, 3.63) is 71.8 Å². The minimum absolute atomic E-state index is 0.165. The second-order valence-electron chi connectivity index (χ2n) is 7.73. The fraction of sp³-hybridized carbons (Fsp3) is 0.304. The first-order valence-corrected chi connectivity index (χ1v) is 10.1. The van der Waals surface area contributed by atoms with E-state index in [9.17, 15) is 19.2 Å². The molecular weight excluding hydrogens is 382 g/mol. The largest absolute Gasteiger partial charge is 0.347 e. The van der Waals surface area contributed by atoms with Gasteiger partial charge in [0, 0.05) is 0 Å². The maximum atomic E-state index is 12.8. The Balaban J connectivity index is 1.46. The van der Waals surface area contributed by atoms with Crippen molar-refractivity contribution in [2.24, 2.45) is 5.92 Å². The van der Waals surface area contributed by atoms with Crippen LogP contribution in [0.25, 0.3) is 0 Å². The predicted molar refractivity (Wildman–Crippen MR) is 109 cm³/mol. The average molecular weight is 405 g/mol. The molecule has 2 atom stereocenters. The molecule has 0 radical (unpaired) electrons. The first kappa shape index (κ1) is 19.8. The summed E-state index contributed by atoms with van der Waals surface area (Å²) in [6.45, 7) is 1.21. The van der Waals surface area contributed by atoms with Crippen LogP contribution in [0.2, 0.25) is 0 Å². The summed E-state index contributed by atoms with van der Waals surface area (Å²) < 4.78 is 0. The number of nitrogens with zero attached hydrogens (tertiary/aromatic N) is 2. The smallest absolute Gasteiger partial charge is 0.335 e. The summed E-state index contributed by atoms with van der Waals surface area (Å²) in [4.78, 5) is 52.0. The molecule has 2 aliphatic rings. The third-order valence-electron chi connectivity index (χ3n) is 5.62. The lowest BCUT2D eigenvalue weighted by molar-refractivity contribution is -0.144. The standard InChI is InChI=1S/C23H23N3O4/c1-15(16-8-4-2-5-9-16)26-22(29)21(28)25(23(26)30)14-19(27)24-20(18-12-13-18)17-10-6-3-7-11-17/h2-11,15,18,20H,12-14H2,1H3,(H,24,27). The zero-order valence-corrected chi connectivity index (χ0v) is 16.7.